The second-order valence-electron chi connectivity index (χ2n) is 5.14. The van der Waals surface area contributed by atoms with Crippen LogP contribution in [-0.2, 0) is 10.0 Å². The zero-order valence-corrected chi connectivity index (χ0v) is 12.4. The first-order chi connectivity index (χ1) is 9.36. The quantitative estimate of drug-likeness (QED) is 0.833. The van der Waals surface area contributed by atoms with Crippen molar-refractivity contribution in [2.45, 2.75) is 38.0 Å². The maximum Gasteiger partial charge on any atom is 0.371 e. The van der Waals surface area contributed by atoms with Gasteiger partial charge < -0.3 is 9.52 Å². The Kier molecular flexibility index (Phi) is 4.19. The van der Waals surface area contributed by atoms with Gasteiger partial charge >= 0.3 is 5.97 Å². The summed E-state index contributed by atoms with van der Waals surface area (Å²) in [6, 6.07) is 1.10. The molecule has 1 heterocycles. The lowest BCUT2D eigenvalue weighted by atomic mass is 10.4. The zero-order valence-electron chi connectivity index (χ0n) is 11.6. The summed E-state index contributed by atoms with van der Waals surface area (Å²) in [6.07, 6.45) is 2.83. The van der Waals surface area contributed by atoms with E-state index < -0.39 is 16.0 Å². The predicted molar refractivity (Wildman–Crippen MR) is 72.2 cm³/mol. The summed E-state index contributed by atoms with van der Waals surface area (Å²) in [6.45, 7) is 4.33. The van der Waals surface area contributed by atoms with E-state index in [1.165, 1.54) is 11.2 Å². The highest BCUT2D eigenvalue weighted by Gasteiger charge is 2.33. The third-order valence-electron chi connectivity index (χ3n) is 3.33. The molecule has 2 rings (SSSR count). The first-order valence-electron chi connectivity index (χ1n) is 6.70. The van der Waals surface area contributed by atoms with Gasteiger partial charge in [-0.1, -0.05) is 6.92 Å². The van der Waals surface area contributed by atoms with Crippen LogP contribution in [0.15, 0.2) is 15.4 Å². The molecule has 1 N–H and O–H groups in total. The Morgan fingerprint density at radius 2 is 2.15 bits per heavy atom. The van der Waals surface area contributed by atoms with Gasteiger partial charge in [-0.2, -0.15) is 4.31 Å². The van der Waals surface area contributed by atoms with Crippen molar-refractivity contribution in [2.75, 3.05) is 13.1 Å². The molecule has 1 saturated carbocycles. The fourth-order valence-electron chi connectivity index (χ4n) is 2.11. The van der Waals surface area contributed by atoms with Crippen LogP contribution in [0.5, 0.6) is 0 Å². The van der Waals surface area contributed by atoms with E-state index in [-0.39, 0.29) is 16.4 Å². The Morgan fingerprint density at radius 3 is 2.60 bits per heavy atom. The number of nitrogens with zero attached hydrogens (tertiary/aromatic N) is 1. The smallest absolute Gasteiger partial charge is 0.371 e. The summed E-state index contributed by atoms with van der Waals surface area (Å²) in [5, 5.41) is 8.88. The largest absolute Gasteiger partial charge is 0.475 e. The molecule has 0 unspecified atom stereocenters. The van der Waals surface area contributed by atoms with Gasteiger partial charge in [0.05, 0.1) is 0 Å². The third-order valence-corrected chi connectivity index (χ3v) is 5.31. The van der Waals surface area contributed by atoms with Crippen molar-refractivity contribution in [3.63, 3.8) is 0 Å². The lowest BCUT2D eigenvalue weighted by molar-refractivity contribution is 0.0661. The Bertz CT molecular complexity index is 600. The zero-order chi connectivity index (χ0) is 14.9. The standard InChI is InChI=1S/C13H19NO5S/c1-3-6-14(8-10-4-5-10)20(17,18)12-7-11(13(15)16)19-9(12)2/h7,10H,3-6,8H2,1-2H3,(H,15,16). The van der Waals surface area contributed by atoms with Crippen molar-refractivity contribution < 1.29 is 22.7 Å². The number of hydrogen-bond acceptors (Lipinski definition) is 4. The maximum atomic E-state index is 12.6. The summed E-state index contributed by atoms with van der Waals surface area (Å²) < 4.78 is 31.7. The highest BCUT2D eigenvalue weighted by atomic mass is 32.2. The van der Waals surface area contributed by atoms with Crippen LogP contribution in [0.3, 0.4) is 0 Å². The van der Waals surface area contributed by atoms with Crippen LogP contribution in [0.4, 0.5) is 0 Å². The van der Waals surface area contributed by atoms with Crippen molar-refractivity contribution in [2.24, 2.45) is 5.92 Å². The van der Waals surface area contributed by atoms with Crippen LogP contribution >= 0.6 is 0 Å². The predicted octanol–water partition coefficient (Wildman–Crippen LogP) is 2.10. The van der Waals surface area contributed by atoms with E-state index in [4.69, 9.17) is 9.52 Å². The Hall–Kier alpha value is -1.34. The van der Waals surface area contributed by atoms with Crippen LogP contribution in [0, 0.1) is 12.8 Å². The second-order valence-corrected chi connectivity index (χ2v) is 7.05. The lowest BCUT2D eigenvalue weighted by Gasteiger charge is -2.20. The molecule has 1 aromatic rings. The molecule has 1 aliphatic rings. The minimum atomic E-state index is -3.69. The molecule has 1 aliphatic carbocycles. The molecule has 6 nitrogen and oxygen atoms in total. The van der Waals surface area contributed by atoms with Gasteiger partial charge in [-0.05, 0) is 32.1 Å². The lowest BCUT2D eigenvalue weighted by Crippen LogP contribution is -2.33. The Morgan fingerprint density at radius 1 is 1.50 bits per heavy atom. The number of hydrogen-bond donors (Lipinski definition) is 1. The fraction of sp³-hybridized carbons (Fsp3) is 0.615. The van der Waals surface area contributed by atoms with Gasteiger partial charge in [0.1, 0.15) is 10.7 Å². The molecule has 0 radical (unpaired) electrons. The number of aryl methyl sites for hydroxylation is 1. The van der Waals surface area contributed by atoms with E-state index in [9.17, 15) is 13.2 Å². The molecule has 0 bridgehead atoms. The number of carboxylic acid groups (broad SMARTS) is 1. The molecule has 20 heavy (non-hydrogen) atoms. The van der Waals surface area contributed by atoms with Gasteiger partial charge in [0.2, 0.25) is 15.8 Å². The van der Waals surface area contributed by atoms with Gasteiger partial charge in [-0.3, -0.25) is 0 Å². The molecule has 0 atom stereocenters. The van der Waals surface area contributed by atoms with E-state index in [0.29, 0.717) is 25.4 Å². The molecule has 0 aliphatic heterocycles. The molecule has 7 heteroatoms. The fourth-order valence-corrected chi connectivity index (χ4v) is 3.88. The van der Waals surface area contributed by atoms with Crippen molar-refractivity contribution in [3.8, 4) is 0 Å². The van der Waals surface area contributed by atoms with Crippen LogP contribution < -0.4 is 0 Å². The van der Waals surface area contributed by atoms with Gasteiger partial charge in [0.25, 0.3) is 0 Å². The summed E-state index contributed by atoms with van der Waals surface area (Å²) in [5.74, 6) is -1.05. The first kappa shape index (κ1) is 15.1. The summed E-state index contributed by atoms with van der Waals surface area (Å²) in [4.78, 5) is 10.8. The van der Waals surface area contributed by atoms with E-state index in [0.717, 1.165) is 18.9 Å². The van der Waals surface area contributed by atoms with E-state index >= 15 is 0 Å². The number of furan rings is 1. The molecule has 0 spiro atoms. The molecular formula is C13H19NO5S. The van der Waals surface area contributed by atoms with Gasteiger partial charge in [-0.25, -0.2) is 13.2 Å². The van der Waals surface area contributed by atoms with Crippen LogP contribution in [0.1, 0.15) is 42.5 Å². The molecular weight excluding hydrogens is 282 g/mol. The van der Waals surface area contributed by atoms with Gasteiger partial charge in [0.15, 0.2) is 0 Å². The van der Waals surface area contributed by atoms with Crippen molar-refractivity contribution in [3.05, 3.63) is 17.6 Å². The SMILES string of the molecule is CCCN(CC1CC1)S(=O)(=O)c1cc(C(=O)O)oc1C. The van der Waals surface area contributed by atoms with Crippen LogP contribution in [0.2, 0.25) is 0 Å². The molecule has 0 aromatic carbocycles. The van der Waals surface area contributed by atoms with E-state index in [1.54, 1.807) is 0 Å². The maximum absolute atomic E-state index is 12.6. The second kappa shape index (κ2) is 5.57. The van der Waals surface area contributed by atoms with Crippen molar-refractivity contribution in [1.29, 1.82) is 0 Å². The number of carbonyl (C=O) groups is 1. The van der Waals surface area contributed by atoms with Crippen molar-refractivity contribution in [1.82, 2.24) is 4.31 Å². The number of rotatable bonds is 7. The normalized spacial score (nSPS) is 15.8. The average Bonchev–Trinajstić information content (AvgIpc) is 3.08. The van der Waals surface area contributed by atoms with Crippen molar-refractivity contribution >= 4 is 16.0 Å². The van der Waals surface area contributed by atoms with Crippen LogP contribution in [-0.4, -0.2) is 36.9 Å². The molecule has 0 saturated heterocycles. The topological polar surface area (TPSA) is 87.8 Å². The van der Waals surface area contributed by atoms with Gasteiger partial charge in [0, 0.05) is 19.2 Å². The minimum absolute atomic E-state index is 0.0380. The highest BCUT2D eigenvalue weighted by Crippen LogP contribution is 2.32. The molecule has 112 valence electrons. The Labute approximate surface area is 118 Å². The molecule has 0 amide bonds. The number of aromatic carboxylic acids is 1. The molecule has 1 aromatic heterocycles. The first-order valence-corrected chi connectivity index (χ1v) is 8.14. The van der Waals surface area contributed by atoms with Crippen LogP contribution in [0.25, 0.3) is 0 Å². The van der Waals surface area contributed by atoms with E-state index in [1.807, 2.05) is 6.92 Å². The minimum Gasteiger partial charge on any atom is -0.475 e. The molecule has 1 fully saturated rings. The Balaban J connectivity index is 2.33. The summed E-state index contributed by atoms with van der Waals surface area (Å²) in [5.41, 5.74) is 0. The third kappa shape index (κ3) is 3.04. The summed E-state index contributed by atoms with van der Waals surface area (Å²) in [7, 11) is -3.69. The van der Waals surface area contributed by atoms with Gasteiger partial charge in [-0.15, -0.1) is 0 Å². The number of carboxylic acids is 1. The monoisotopic (exact) mass is 301 g/mol. The van der Waals surface area contributed by atoms with E-state index in [2.05, 4.69) is 0 Å². The summed E-state index contributed by atoms with van der Waals surface area (Å²) >= 11 is 0. The highest BCUT2D eigenvalue weighted by molar-refractivity contribution is 7.89. The average molecular weight is 301 g/mol. The number of sulfonamides is 1.